The number of thiol groups is 1. The molecule has 452 valence electrons. The van der Waals surface area contributed by atoms with Crippen LogP contribution in [-0.2, 0) is 50.0 Å². The van der Waals surface area contributed by atoms with Crippen LogP contribution in [0, 0.1) is 32.6 Å². The molecule has 1 heterocycles. The number of likely N-dealkylation sites (tertiary alicyclic amines) is 1. The Hall–Kier alpha value is -8.25. The van der Waals surface area contributed by atoms with Crippen molar-refractivity contribution >= 4 is 77.0 Å². The van der Waals surface area contributed by atoms with Crippen molar-refractivity contribution < 1.29 is 47.8 Å². The van der Waals surface area contributed by atoms with Gasteiger partial charge in [-0.1, -0.05) is 69.0 Å². The van der Waals surface area contributed by atoms with E-state index < -0.39 is 29.1 Å². The summed E-state index contributed by atoms with van der Waals surface area (Å²) in [6.45, 7) is 21.5. The zero-order valence-corrected chi connectivity index (χ0v) is 51.6. The summed E-state index contributed by atoms with van der Waals surface area (Å²) in [5.74, 6) is -0.621. The van der Waals surface area contributed by atoms with Gasteiger partial charge in [-0.25, -0.2) is 0 Å². The number of hydrogen-bond acceptors (Lipinski definition) is 13. The molecule has 0 spiro atoms. The summed E-state index contributed by atoms with van der Waals surface area (Å²) in [5.41, 5.74) is 9.96. The maximum absolute atomic E-state index is 13.9. The fraction of sp³-hybridized carbons (Fsp3) is 0.403. The average Bonchev–Trinajstić information content (AvgIpc) is 3.77. The highest BCUT2D eigenvalue weighted by atomic mass is 32.1. The number of ketones is 2. The number of carbonyl (C=O) groups excluding carboxylic acids is 7. The number of carbonyl (C=O) groups is 7. The van der Waals surface area contributed by atoms with Crippen LogP contribution in [0.1, 0.15) is 133 Å². The Morgan fingerprint density at radius 3 is 1.92 bits per heavy atom. The van der Waals surface area contributed by atoms with E-state index in [9.17, 15) is 33.6 Å². The molecule has 1 saturated heterocycles. The quantitative estimate of drug-likeness (QED) is 0.0106. The van der Waals surface area contributed by atoms with Gasteiger partial charge in [0.05, 0.1) is 18.0 Å². The van der Waals surface area contributed by atoms with Crippen molar-refractivity contribution in [2.75, 3.05) is 37.4 Å². The standard InChI is InChI=1S/C67H83N7O10S/c1-40(26-52-20-14-12-18-42(52)3)36-69-57-34-59(44(5)28-55(57)48(9)75)83-38-50-30-51(39-84-61-35-58(56(49(10)76)33-60(61)82-11)70-37-41(2)27-53-21-15-13-19-43(53)4)32-54(31-50)73-66(80)47(8)72-65(79)46(7)71-64(78)23-17-16-22-63(77)68-24-25-74-45(6)29-62(85)67(74)81/h12-15,18-21,28,30-35,37,40-41,46-47,62,69,85H,6,16-17,22-27,29,36,38-39H2,1-5,7-11H3,(H,68,77)(H,71,78)(H,72,79)(H,73,80)/b70-37-/t40-,41-,46-,47-,62?/m0/s1. The van der Waals surface area contributed by atoms with Crippen LogP contribution in [-0.4, -0.2) is 96.3 Å². The third-order valence-electron chi connectivity index (χ3n) is 14.8. The van der Waals surface area contributed by atoms with Crippen LogP contribution >= 0.6 is 12.6 Å². The minimum atomic E-state index is -1.04. The van der Waals surface area contributed by atoms with Crippen LogP contribution in [0.3, 0.4) is 0 Å². The molecule has 0 aromatic heterocycles. The van der Waals surface area contributed by atoms with Gasteiger partial charge in [0.2, 0.25) is 29.5 Å². The highest BCUT2D eigenvalue weighted by molar-refractivity contribution is 7.81. The van der Waals surface area contributed by atoms with Gasteiger partial charge in [-0.2, -0.15) is 12.6 Å². The van der Waals surface area contributed by atoms with E-state index in [1.54, 1.807) is 24.3 Å². The van der Waals surface area contributed by atoms with E-state index >= 15 is 0 Å². The Bertz CT molecular complexity index is 3290. The molecule has 5 N–H and O–H groups in total. The molecule has 1 fully saturated rings. The summed E-state index contributed by atoms with van der Waals surface area (Å²) in [7, 11) is 1.49. The number of nitrogens with zero attached hydrogens (tertiary/aromatic N) is 2. The molecule has 6 rings (SSSR count). The summed E-state index contributed by atoms with van der Waals surface area (Å²) in [4.78, 5) is 96.9. The van der Waals surface area contributed by atoms with E-state index in [0.29, 0.717) is 94.6 Å². The van der Waals surface area contributed by atoms with Gasteiger partial charge in [0.25, 0.3) is 0 Å². The number of aliphatic imine (C=N–C) groups is 1. The van der Waals surface area contributed by atoms with E-state index in [1.807, 2.05) is 55.6 Å². The molecule has 5 aromatic rings. The highest BCUT2D eigenvalue weighted by Gasteiger charge is 2.32. The zero-order valence-electron chi connectivity index (χ0n) is 50.7. The van der Waals surface area contributed by atoms with Gasteiger partial charge >= 0.3 is 0 Å². The fourth-order valence-corrected chi connectivity index (χ4v) is 10.2. The van der Waals surface area contributed by atoms with Crippen molar-refractivity contribution in [2.45, 2.75) is 138 Å². The molecular formula is C67H83N7O10S. The van der Waals surface area contributed by atoms with Gasteiger partial charge in [0.1, 0.15) is 31.0 Å². The Balaban J connectivity index is 1.14. The predicted molar refractivity (Wildman–Crippen MR) is 338 cm³/mol. The average molecular weight is 1180 g/mol. The molecule has 17 nitrogen and oxygen atoms in total. The number of methoxy groups -OCH3 is 1. The lowest BCUT2D eigenvalue weighted by atomic mass is 9.97. The van der Waals surface area contributed by atoms with Gasteiger partial charge in [-0.05, 0) is 155 Å². The van der Waals surface area contributed by atoms with Crippen LogP contribution in [0.4, 0.5) is 17.1 Å². The van der Waals surface area contributed by atoms with Crippen LogP contribution in [0.25, 0.3) is 0 Å². The predicted octanol–water partition coefficient (Wildman–Crippen LogP) is 10.7. The second kappa shape index (κ2) is 31.6. The smallest absolute Gasteiger partial charge is 0.246 e. The molecule has 85 heavy (non-hydrogen) atoms. The molecular weight excluding hydrogens is 1090 g/mol. The van der Waals surface area contributed by atoms with Crippen molar-refractivity contribution in [1.82, 2.24) is 20.9 Å². The van der Waals surface area contributed by atoms with E-state index in [2.05, 4.69) is 97.8 Å². The van der Waals surface area contributed by atoms with Crippen molar-refractivity contribution in [3.05, 3.63) is 153 Å². The molecule has 1 aliphatic heterocycles. The van der Waals surface area contributed by atoms with Gasteiger partial charge in [-0.15, -0.1) is 0 Å². The molecule has 5 aromatic carbocycles. The first-order chi connectivity index (χ1) is 40.5. The summed E-state index contributed by atoms with van der Waals surface area (Å²) < 4.78 is 18.7. The molecule has 1 unspecified atom stereocenters. The monoisotopic (exact) mass is 1180 g/mol. The highest BCUT2D eigenvalue weighted by Crippen LogP contribution is 2.37. The van der Waals surface area contributed by atoms with Crippen LogP contribution in [0.15, 0.2) is 108 Å². The van der Waals surface area contributed by atoms with E-state index in [4.69, 9.17) is 19.2 Å². The van der Waals surface area contributed by atoms with Crippen molar-refractivity contribution in [2.24, 2.45) is 16.8 Å². The maximum atomic E-state index is 13.9. The van der Waals surface area contributed by atoms with E-state index in [1.165, 1.54) is 62.0 Å². The summed E-state index contributed by atoms with van der Waals surface area (Å²) in [6, 6.07) is 26.8. The number of allylic oxidation sites excluding steroid dienone is 1. The number of aryl methyl sites for hydroxylation is 3. The Morgan fingerprint density at radius 2 is 1.32 bits per heavy atom. The summed E-state index contributed by atoms with van der Waals surface area (Å²) >= 11 is 4.26. The molecule has 0 saturated carbocycles. The van der Waals surface area contributed by atoms with Gasteiger partial charge in [-0.3, -0.25) is 38.6 Å². The second-order valence-electron chi connectivity index (χ2n) is 22.3. The number of amides is 5. The van der Waals surface area contributed by atoms with Crippen molar-refractivity contribution in [1.29, 1.82) is 0 Å². The molecule has 18 heteroatoms. The number of nitrogens with one attached hydrogen (secondary N) is 5. The third-order valence-corrected chi connectivity index (χ3v) is 15.2. The lowest BCUT2D eigenvalue weighted by Gasteiger charge is -2.20. The summed E-state index contributed by atoms with van der Waals surface area (Å²) in [6.07, 6.45) is 5.02. The number of ether oxygens (including phenoxy) is 3. The topological polar surface area (TPSA) is 223 Å². The maximum Gasteiger partial charge on any atom is 0.246 e. The summed E-state index contributed by atoms with van der Waals surface area (Å²) in [5, 5.41) is 14.2. The Morgan fingerprint density at radius 1 is 0.718 bits per heavy atom. The van der Waals surface area contributed by atoms with Gasteiger partial charge in [0, 0.05) is 85.4 Å². The number of benzene rings is 5. The van der Waals surface area contributed by atoms with E-state index in [0.717, 1.165) is 18.4 Å². The fourth-order valence-electron chi connectivity index (χ4n) is 9.86. The number of anilines is 2. The van der Waals surface area contributed by atoms with Crippen LogP contribution in [0.2, 0.25) is 0 Å². The minimum Gasteiger partial charge on any atom is -0.493 e. The molecule has 5 amide bonds. The molecule has 0 bridgehead atoms. The number of rotatable bonds is 31. The zero-order chi connectivity index (χ0) is 61.9. The molecule has 0 aliphatic carbocycles. The Kier molecular flexibility index (Phi) is 24.5. The lowest BCUT2D eigenvalue weighted by Crippen LogP contribution is -2.50. The lowest BCUT2D eigenvalue weighted by molar-refractivity contribution is -0.130. The van der Waals surface area contributed by atoms with Crippen molar-refractivity contribution in [3.8, 4) is 17.2 Å². The van der Waals surface area contributed by atoms with Gasteiger partial charge < -0.3 is 45.7 Å². The Labute approximate surface area is 505 Å². The molecule has 0 radical (unpaired) electrons. The van der Waals surface area contributed by atoms with Crippen molar-refractivity contribution in [3.63, 3.8) is 0 Å². The second-order valence-corrected chi connectivity index (χ2v) is 22.9. The first-order valence-corrected chi connectivity index (χ1v) is 29.5. The molecule has 5 atom stereocenters. The van der Waals surface area contributed by atoms with Crippen LogP contribution in [0.5, 0.6) is 17.2 Å². The minimum absolute atomic E-state index is 0.0206. The molecule has 1 aliphatic rings. The third kappa shape index (κ3) is 19.7. The number of Topliss-reactive ketones (excluding diaryl/α,β-unsaturated/α-hetero) is 2. The largest absolute Gasteiger partial charge is 0.493 e. The van der Waals surface area contributed by atoms with E-state index in [-0.39, 0.29) is 73.7 Å². The normalized spacial score (nSPS) is 14.5. The van der Waals surface area contributed by atoms with Gasteiger partial charge in [0.15, 0.2) is 23.1 Å². The first kappa shape index (κ1) is 65.9. The SMILES string of the molecule is C=C1CC(S)C(=O)N1CCNC(=O)CCCCC(=O)N[C@@H](C)C(=O)N[C@@H](C)C(=O)Nc1cc(COc2cc(NC[C@@H](C)Cc3ccccc3C)c(C(C)=O)cc2C)cc(COc2cc(/N=C\[C@@H](C)Cc3ccccc3C)c(C(C)=O)cc2OC)c1. The number of hydrogen-bond donors (Lipinski definition) is 6. The first-order valence-electron chi connectivity index (χ1n) is 29.0. The number of unbranched alkanes of at least 4 members (excludes halogenated alkanes) is 1. The van der Waals surface area contributed by atoms with Crippen LogP contribution < -0.4 is 40.8 Å².